The number of halogens is 2. The summed E-state index contributed by atoms with van der Waals surface area (Å²) in [5, 5.41) is 0. The molecular weight excluding hydrogens is 276 g/mol. The summed E-state index contributed by atoms with van der Waals surface area (Å²) < 4.78 is 31.5. The summed E-state index contributed by atoms with van der Waals surface area (Å²) in [6.07, 6.45) is 0. The van der Waals surface area contributed by atoms with Gasteiger partial charge in [0.2, 0.25) is 0 Å². The zero-order chi connectivity index (χ0) is 15.4. The monoisotopic (exact) mass is 291 g/mol. The zero-order valence-corrected chi connectivity index (χ0v) is 11.8. The van der Waals surface area contributed by atoms with Crippen molar-refractivity contribution in [3.8, 4) is 5.75 Å². The first-order chi connectivity index (χ1) is 10.0. The molecule has 2 rings (SSSR count). The molecule has 0 radical (unpaired) electrons. The van der Waals surface area contributed by atoms with Crippen molar-refractivity contribution in [2.45, 2.75) is 0 Å². The maximum atomic E-state index is 13.6. The van der Waals surface area contributed by atoms with Crippen LogP contribution in [0.2, 0.25) is 0 Å². The Bertz CT molecular complexity index is 658. The van der Waals surface area contributed by atoms with Crippen LogP contribution in [0.15, 0.2) is 42.5 Å². The van der Waals surface area contributed by atoms with Crippen LogP contribution in [0.3, 0.4) is 0 Å². The number of nitrogens with zero attached hydrogens (tertiary/aromatic N) is 1. The van der Waals surface area contributed by atoms with Gasteiger partial charge in [-0.3, -0.25) is 4.79 Å². The number of methoxy groups -OCH3 is 1. The van der Waals surface area contributed by atoms with Crippen molar-refractivity contribution in [3.05, 3.63) is 59.7 Å². The van der Waals surface area contributed by atoms with Crippen molar-refractivity contribution >= 4 is 11.5 Å². The summed E-state index contributed by atoms with van der Waals surface area (Å²) in [6.45, 7) is 0.0230. The first-order valence-electron chi connectivity index (χ1n) is 6.34. The number of anilines is 1. The van der Waals surface area contributed by atoms with E-state index in [-0.39, 0.29) is 29.5 Å². The van der Waals surface area contributed by atoms with Crippen molar-refractivity contribution in [1.29, 1.82) is 0 Å². The Kier molecular flexibility index (Phi) is 4.52. The Labute approximate surface area is 121 Å². The van der Waals surface area contributed by atoms with Crippen molar-refractivity contribution in [1.82, 2.24) is 0 Å². The van der Waals surface area contributed by atoms with Crippen LogP contribution >= 0.6 is 0 Å². The van der Waals surface area contributed by atoms with Crippen LogP contribution in [0.1, 0.15) is 10.4 Å². The lowest BCUT2D eigenvalue weighted by Crippen LogP contribution is -2.25. The van der Waals surface area contributed by atoms with Crippen molar-refractivity contribution < 1.29 is 18.3 Å². The Hall–Kier alpha value is -2.43. The lowest BCUT2D eigenvalue weighted by molar-refractivity contribution is 0.1000. The molecule has 0 amide bonds. The van der Waals surface area contributed by atoms with Crippen molar-refractivity contribution in [3.63, 3.8) is 0 Å². The molecule has 3 nitrogen and oxygen atoms in total. The normalized spacial score (nSPS) is 10.3. The maximum Gasteiger partial charge on any atom is 0.182 e. The van der Waals surface area contributed by atoms with E-state index >= 15 is 0 Å². The molecule has 0 aromatic heterocycles. The number of hydrogen-bond acceptors (Lipinski definition) is 3. The van der Waals surface area contributed by atoms with E-state index in [0.717, 1.165) is 6.07 Å². The third kappa shape index (κ3) is 3.56. The Morgan fingerprint density at radius 2 is 1.95 bits per heavy atom. The summed E-state index contributed by atoms with van der Waals surface area (Å²) in [7, 11) is 3.03. The molecule has 2 aromatic carbocycles. The Morgan fingerprint density at radius 1 is 1.19 bits per heavy atom. The molecule has 0 unspecified atom stereocenters. The standard InChI is InChI=1S/C16H15F2NO2/c1-19(13-5-3-4-12(17)9-13)10-15(20)11-6-7-16(21-2)14(18)8-11/h3-9H,10H2,1-2H3. The number of rotatable bonds is 5. The molecule has 0 fully saturated rings. The van der Waals surface area contributed by atoms with Gasteiger partial charge in [0.15, 0.2) is 17.3 Å². The van der Waals surface area contributed by atoms with Crippen LogP contribution in [0, 0.1) is 11.6 Å². The number of carbonyl (C=O) groups excluding carboxylic acids is 1. The second-order valence-corrected chi connectivity index (χ2v) is 4.61. The molecular formula is C16H15F2NO2. The molecule has 0 N–H and O–H groups in total. The lowest BCUT2D eigenvalue weighted by atomic mass is 10.1. The third-order valence-corrected chi connectivity index (χ3v) is 3.10. The molecule has 0 atom stereocenters. The molecule has 0 aliphatic heterocycles. The molecule has 0 spiro atoms. The molecule has 0 aliphatic carbocycles. The summed E-state index contributed by atoms with van der Waals surface area (Å²) >= 11 is 0. The van der Waals surface area contributed by atoms with E-state index < -0.39 is 5.82 Å². The van der Waals surface area contributed by atoms with Crippen LogP contribution in [-0.4, -0.2) is 26.5 Å². The van der Waals surface area contributed by atoms with Gasteiger partial charge < -0.3 is 9.64 Å². The molecule has 0 saturated heterocycles. The SMILES string of the molecule is COc1ccc(C(=O)CN(C)c2cccc(F)c2)cc1F. The molecule has 21 heavy (non-hydrogen) atoms. The number of carbonyl (C=O) groups is 1. The van der Waals surface area contributed by atoms with Gasteiger partial charge in [-0.05, 0) is 36.4 Å². The van der Waals surface area contributed by atoms with Gasteiger partial charge in [0, 0.05) is 18.3 Å². The second-order valence-electron chi connectivity index (χ2n) is 4.61. The molecule has 110 valence electrons. The largest absolute Gasteiger partial charge is 0.494 e. The minimum Gasteiger partial charge on any atom is -0.494 e. The molecule has 0 bridgehead atoms. The van der Waals surface area contributed by atoms with Gasteiger partial charge in [0.1, 0.15) is 5.82 Å². The van der Waals surface area contributed by atoms with Crippen molar-refractivity contribution in [2.75, 3.05) is 25.6 Å². The molecule has 2 aromatic rings. The van der Waals surface area contributed by atoms with Crippen LogP contribution in [0.4, 0.5) is 14.5 Å². The maximum absolute atomic E-state index is 13.6. The lowest BCUT2D eigenvalue weighted by Gasteiger charge is -2.18. The fourth-order valence-electron chi connectivity index (χ4n) is 1.95. The highest BCUT2D eigenvalue weighted by Crippen LogP contribution is 2.19. The van der Waals surface area contributed by atoms with E-state index in [1.807, 2.05) is 0 Å². The predicted molar refractivity (Wildman–Crippen MR) is 77.0 cm³/mol. The summed E-state index contributed by atoms with van der Waals surface area (Å²) in [6, 6.07) is 9.98. The molecule has 5 heteroatoms. The van der Waals surface area contributed by atoms with E-state index in [1.54, 1.807) is 24.1 Å². The number of benzene rings is 2. The van der Waals surface area contributed by atoms with Crippen molar-refractivity contribution in [2.24, 2.45) is 0 Å². The number of ketones is 1. The smallest absolute Gasteiger partial charge is 0.182 e. The highest BCUT2D eigenvalue weighted by Gasteiger charge is 2.13. The number of Topliss-reactive ketones (excluding diaryl/α,β-unsaturated/α-hetero) is 1. The zero-order valence-electron chi connectivity index (χ0n) is 11.8. The number of ether oxygens (including phenoxy) is 1. The van der Waals surface area contributed by atoms with Gasteiger partial charge in [0.25, 0.3) is 0 Å². The summed E-state index contributed by atoms with van der Waals surface area (Å²) in [5.74, 6) is -1.13. The fraction of sp³-hybridized carbons (Fsp3) is 0.188. The van der Waals surface area contributed by atoms with Gasteiger partial charge in [-0.2, -0.15) is 0 Å². The second kappa shape index (κ2) is 6.35. The van der Waals surface area contributed by atoms with Gasteiger partial charge >= 0.3 is 0 Å². The van der Waals surface area contributed by atoms with E-state index in [2.05, 4.69) is 0 Å². The van der Waals surface area contributed by atoms with Crippen LogP contribution in [-0.2, 0) is 0 Å². The quantitative estimate of drug-likeness (QED) is 0.792. The highest BCUT2D eigenvalue weighted by atomic mass is 19.1. The number of hydrogen-bond donors (Lipinski definition) is 0. The predicted octanol–water partition coefficient (Wildman–Crippen LogP) is 3.29. The summed E-state index contributed by atoms with van der Waals surface area (Å²) in [5.41, 5.74) is 0.828. The Morgan fingerprint density at radius 3 is 2.57 bits per heavy atom. The highest BCUT2D eigenvalue weighted by molar-refractivity contribution is 5.99. The first kappa shape index (κ1) is 15.0. The van der Waals surface area contributed by atoms with Gasteiger partial charge in [0.05, 0.1) is 13.7 Å². The fourth-order valence-corrected chi connectivity index (χ4v) is 1.95. The number of likely N-dealkylation sites (N-methyl/N-ethyl adjacent to an activating group) is 1. The molecule has 0 heterocycles. The first-order valence-corrected chi connectivity index (χ1v) is 6.34. The average Bonchev–Trinajstić information content (AvgIpc) is 2.47. The van der Waals surface area contributed by atoms with Crippen LogP contribution in [0.5, 0.6) is 5.75 Å². The topological polar surface area (TPSA) is 29.5 Å². The summed E-state index contributed by atoms with van der Waals surface area (Å²) in [4.78, 5) is 13.7. The van der Waals surface area contributed by atoms with Gasteiger partial charge in [-0.1, -0.05) is 6.07 Å². The van der Waals surface area contributed by atoms with E-state index in [4.69, 9.17) is 4.74 Å². The van der Waals surface area contributed by atoms with E-state index in [0.29, 0.717) is 5.69 Å². The Balaban J connectivity index is 2.12. The van der Waals surface area contributed by atoms with Crippen LogP contribution < -0.4 is 9.64 Å². The molecule has 0 saturated carbocycles. The van der Waals surface area contributed by atoms with Gasteiger partial charge in [-0.25, -0.2) is 8.78 Å². The third-order valence-electron chi connectivity index (χ3n) is 3.10. The van der Waals surface area contributed by atoms with Crippen LogP contribution in [0.25, 0.3) is 0 Å². The minimum atomic E-state index is -0.586. The van der Waals surface area contributed by atoms with E-state index in [9.17, 15) is 13.6 Å². The minimum absolute atomic E-state index is 0.0230. The van der Waals surface area contributed by atoms with E-state index in [1.165, 1.54) is 31.4 Å². The van der Waals surface area contributed by atoms with Gasteiger partial charge in [-0.15, -0.1) is 0 Å². The molecule has 0 aliphatic rings. The average molecular weight is 291 g/mol.